The van der Waals surface area contributed by atoms with Gasteiger partial charge in [-0.15, -0.1) is 0 Å². The smallest absolute Gasteiger partial charge is 0.332 e. The minimum absolute atomic E-state index is 0.0374. The van der Waals surface area contributed by atoms with Crippen LogP contribution in [0.1, 0.15) is 26.7 Å². The van der Waals surface area contributed by atoms with Gasteiger partial charge in [0.15, 0.2) is 5.60 Å². The van der Waals surface area contributed by atoms with Gasteiger partial charge in [-0.05, 0) is 33.0 Å². The number of nitrogens with zero attached hydrogens (tertiary/aromatic N) is 1. The Morgan fingerprint density at radius 3 is 2.73 bits per heavy atom. The minimum Gasteiger partial charge on any atom is -0.448 e. The lowest BCUT2D eigenvalue weighted by Gasteiger charge is -2.45. The third-order valence-corrected chi connectivity index (χ3v) is 3.77. The van der Waals surface area contributed by atoms with Crippen LogP contribution in [-0.4, -0.2) is 42.3 Å². The second-order valence-electron chi connectivity index (χ2n) is 4.81. The molecule has 15 heavy (non-hydrogen) atoms. The van der Waals surface area contributed by atoms with Crippen LogP contribution in [0.5, 0.6) is 0 Å². The summed E-state index contributed by atoms with van der Waals surface area (Å²) in [4.78, 5) is 25.8. The molecule has 0 aromatic rings. The van der Waals surface area contributed by atoms with Crippen molar-refractivity contribution in [2.45, 2.75) is 44.1 Å². The zero-order valence-corrected chi connectivity index (χ0v) is 9.50. The molecule has 2 atom stereocenters. The van der Waals surface area contributed by atoms with Crippen molar-refractivity contribution in [1.82, 2.24) is 4.90 Å². The first-order valence-corrected chi connectivity index (χ1v) is 5.49. The van der Waals surface area contributed by atoms with Crippen molar-refractivity contribution in [3.8, 4) is 0 Å². The number of cyclic esters (lactones) is 1. The number of carbonyl (C=O) groups excluding carboxylic acids is 2. The van der Waals surface area contributed by atoms with Gasteiger partial charge in [0.1, 0.15) is 13.4 Å². The standard InChI is InChI=1S/C10H16BNO3/c1-9-4-3-5-12(9)7(13)10(2,6-11)15-8(9)14/h3-6,11H2,1-2H3/t9-,10+/m1/s1. The van der Waals surface area contributed by atoms with Crippen molar-refractivity contribution in [3.63, 3.8) is 0 Å². The highest BCUT2D eigenvalue weighted by Crippen LogP contribution is 2.39. The maximum atomic E-state index is 12.2. The number of morpholine rings is 1. The van der Waals surface area contributed by atoms with E-state index in [1.54, 1.807) is 18.7 Å². The van der Waals surface area contributed by atoms with Crippen LogP contribution in [0.4, 0.5) is 0 Å². The predicted octanol–water partition coefficient (Wildman–Crippen LogP) is -0.266. The summed E-state index contributed by atoms with van der Waals surface area (Å²) >= 11 is 0. The fourth-order valence-corrected chi connectivity index (χ4v) is 2.37. The Morgan fingerprint density at radius 1 is 1.47 bits per heavy atom. The van der Waals surface area contributed by atoms with E-state index >= 15 is 0 Å². The number of amides is 1. The number of rotatable bonds is 1. The Hall–Kier alpha value is -0.995. The van der Waals surface area contributed by atoms with Crippen LogP contribution in [0.15, 0.2) is 0 Å². The third-order valence-electron chi connectivity index (χ3n) is 3.77. The highest BCUT2D eigenvalue weighted by Gasteiger charge is 2.57. The number of esters is 1. The Bertz CT molecular complexity index is 333. The molecule has 2 saturated heterocycles. The Balaban J connectivity index is 2.38. The van der Waals surface area contributed by atoms with Crippen LogP contribution in [0.3, 0.4) is 0 Å². The average molecular weight is 209 g/mol. The summed E-state index contributed by atoms with van der Waals surface area (Å²) in [5.41, 5.74) is -1.65. The van der Waals surface area contributed by atoms with Gasteiger partial charge in [-0.1, -0.05) is 0 Å². The van der Waals surface area contributed by atoms with Gasteiger partial charge in [0, 0.05) is 6.54 Å². The van der Waals surface area contributed by atoms with Gasteiger partial charge in [-0.25, -0.2) is 4.79 Å². The molecule has 0 unspecified atom stereocenters. The van der Waals surface area contributed by atoms with Crippen molar-refractivity contribution in [2.24, 2.45) is 0 Å². The highest BCUT2D eigenvalue weighted by atomic mass is 16.6. The number of ether oxygens (including phenoxy) is 1. The minimum atomic E-state index is -0.944. The fraction of sp³-hybridized carbons (Fsp3) is 0.800. The monoisotopic (exact) mass is 209 g/mol. The molecule has 2 aliphatic rings. The maximum absolute atomic E-state index is 12.2. The molecule has 2 fully saturated rings. The summed E-state index contributed by atoms with van der Waals surface area (Å²) in [5, 5.41) is 0. The lowest BCUT2D eigenvalue weighted by atomic mass is 9.83. The zero-order valence-electron chi connectivity index (χ0n) is 9.50. The van der Waals surface area contributed by atoms with Gasteiger partial charge in [-0.2, -0.15) is 0 Å². The van der Waals surface area contributed by atoms with Crippen LogP contribution in [0.2, 0.25) is 6.32 Å². The van der Waals surface area contributed by atoms with Crippen molar-refractivity contribution in [2.75, 3.05) is 6.54 Å². The van der Waals surface area contributed by atoms with Crippen molar-refractivity contribution in [1.29, 1.82) is 0 Å². The van der Waals surface area contributed by atoms with Gasteiger partial charge in [0.2, 0.25) is 0 Å². The molecule has 0 bridgehead atoms. The van der Waals surface area contributed by atoms with Crippen molar-refractivity contribution >= 4 is 19.7 Å². The van der Waals surface area contributed by atoms with E-state index in [1.165, 1.54) is 0 Å². The molecule has 0 radical (unpaired) electrons. The third kappa shape index (κ3) is 1.21. The van der Waals surface area contributed by atoms with Gasteiger partial charge in [0.05, 0.1) is 0 Å². The summed E-state index contributed by atoms with van der Waals surface area (Å²) in [5.74, 6) is -0.284. The Morgan fingerprint density at radius 2 is 2.13 bits per heavy atom. The molecule has 2 rings (SSSR count). The van der Waals surface area contributed by atoms with E-state index in [9.17, 15) is 9.59 Å². The van der Waals surface area contributed by atoms with Crippen LogP contribution in [0.25, 0.3) is 0 Å². The second-order valence-corrected chi connectivity index (χ2v) is 4.81. The largest absolute Gasteiger partial charge is 0.448 e. The van der Waals surface area contributed by atoms with Crippen LogP contribution < -0.4 is 0 Å². The van der Waals surface area contributed by atoms with Crippen LogP contribution >= 0.6 is 0 Å². The number of hydrogen-bond acceptors (Lipinski definition) is 3. The molecule has 1 amide bonds. The SMILES string of the molecule is BC[C@]1(C)OC(=O)[C@@]2(C)CCCN2C1=O. The van der Waals surface area contributed by atoms with E-state index < -0.39 is 11.1 Å². The molecule has 0 spiro atoms. The summed E-state index contributed by atoms with van der Waals surface area (Å²) in [6.07, 6.45) is 2.14. The molecule has 4 nitrogen and oxygen atoms in total. The normalized spacial score (nSPS) is 40.3. The highest BCUT2D eigenvalue weighted by molar-refractivity contribution is 6.13. The Kier molecular flexibility index (Phi) is 2.10. The fourth-order valence-electron chi connectivity index (χ4n) is 2.37. The first-order valence-electron chi connectivity index (χ1n) is 5.49. The first kappa shape index (κ1) is 10.5. The average Bonchev–Trinajstić information content (AvgIpc) is 2.59. The summed E-state index contributed by atoms with van der Waals surface area (Å²) in [6.45, 7) is 4.18. The van der Waals surface area contributed by atoms with Gasteiger partial charge < -0.3 is 9.64 Å². The van der Waals surface area contributed by atoms with Gasteiger partial charge in [0.25, 0.3) is 5.91 Å². The maximum Gasteiger partial charge on any atom is 0.332 e. The summed E-state index contributed by atoms with van der Waals surface area (Å²) in [7, 11) is 1.86. The summed E-state index contributed by atoms with van der Waals surface area (Å²) in [6, 6.07) is 0. The van der Waals surface area contributed by atoms with E-state index in [0.717, 1.165) is 12.8 Å². The lowest BCUT2D eigenvalue weighted by molar-refractivity contribution is -0.194. The Labute approximate surface area is 90.4 Å². The van der Waals surface area contributed by atoms with Gasteiger partial charge in [-0.3, -0.25) is 4.79 Å². The van der Waals surface area contributed by atoms with Crippen molar-refractivity contribution < 1.29 is 14.3 Å². The van der Waals surface area contributed by atoms with Crippen molar-refractivity contribution in [3.05, 3.63) is 0 Å². The van der Waals surface area contributed by atoms with E-state index in [4.69, 9.17) is 4.74 Å². The first-order chi connectivity index (χ1) is 6.94. The second kappa shape index (κ2) is 3.00. The molecule has 0 saturated carbocycles. The molecule has 2 aliphatic heterocycles. The van der Waals surface area contributed by atoms with E-state index in [0.29, 0.717) is 12.9 Å². The molecule has 5 heteroatoms. The topological polar surface area (TPSA) is 46.6 Å². The van der Waals surface area contributed by atoms with Crippen LogP contribution in [0, 0.1) is 0 Å². The predicted molar refractivity (Wildman–Crippen MR) is 57.2 cm³/mol. The molecule has 2 heterocycles. The number of fused-ring (bicyclic) bond motifs is 1. The molecule has 0 aliphatic carbocycles. The molecule has 0 aromatic heterocycles. The molecule has 0 N–H and O–H groups in total. The van der Waals surface area contributed by atoms with Crippen LogP contribution in [-0.2, 0) is 14.3 Å². The zero-order chi connectivity index (χ0) is 11.3. The molecule has 82 valence electrons. The quantitative estimate of drug-likeness (QED) is 0.441. The molecular weight excluding hydrogens is 193 g/mol. The van der Waals surface area contributed by atoms with E-state index in [-0.39, 0.29) is 11.9 Å². The lowest BCUT2D eigenvalue weighted by Crippen LogP contribution is -2.65. The molecular formula is C10H16BNO3. The number of hydrogen-bond donors (Lipinski definition) is 0. The molecule has 0 aromatic carbocycles. The van der Waals surface area contributed by atoms with E-state index in [2.05, 4.69) is 0 Å². The summed E-state index contributed by atoms with van der Waals surface area (Å²) < 4.78 is 5.32. The van der Waals surface area contributed by atoms with E-state index in [1.807, 2.05) is 7.85 Å². The number of carbonyl (C=O) groups is 2. The van der Waals surface area contributed by atoms with Gasteiger partial charge >= 0.3 is 5.97 Å².